The summed E-state index contributed by atoms with van der Waals surface area (Å²) >= 11 is 0. The lowest BCUT2D eigenvalue weighted by Gasteiger charge is -2.38. The van der Waals surface area contributed by atoms with Crippen LogP contribution in [0.15, 0.2) is 6.20 Å². The van der Waals surface area contributed by atoms with Crippen molar-refractivity contribution in [3.8, 4) is 0 Å². The molecule has 1 aliphatic heterocycles. The van der Waals surface area contributed by atoms with Crippen LogP contribution >= 0.6 is 0 Å². The van der Waals surface area contributed by atoms with Crippen LogP contribution in [0.5, 0.6) is 0 Å². The highest BCUT2D eigenvalue weighted by atomic mass is 16.5. The second-order valence-corrected chi connectivity index (χ2v) is 4.90. The number of rotatable bonds is 1. The first-order chi connectivity index (χ1) is 7.91. The average Bonchev–Trinajstić information content (AvgIpc) is 2.57. The Labute approximate surface area is 100 Å². The lowest BCUT2D eigenvalue weighted by atomic mass is 10.1. The van der Waals surface area contributed by atoms with Crippen molar-refractivity contribution in [2.45, 2.75) is 19.4 Å². The maximum absolute atomic E-state index is 12.3. The van der Waals surface area contributed by atoms with Gasteiger partial charge in [0.2, 0.25) is 0 Å². The number of morpholine rings is 1. The van der Waals surface area contributed by atoms with Crippen LogP contribution in [-0.2, 0) is 11.8 Å². The Morgan fingerprint density at radius 1 is 1.59 bits per heavy atom. The molecular formula is C11H18N4O2. The molecule has 0 aliphatic carbocycles. The third kappa shape index (κ3) is 2.26. The zero-order valence-electron chi connectivity index (χ0n) is 10.4. The molecule has 1 aromatic rings. The van der Waals surface area contributed by atoms with E-state index in [2.05, 4.69) is 5.10 Å². The molecule has 1 aliphatic rings. The third-order valence-electron chi connectivity index (χ3n) is 2.93. The normalized spacial score (nSPS) is 19.4. The van der Waals surface area contributed by atoms with Gasteiger partial charge in [-0.15, -0.1) is 0 Å². The Morgan fingerprint density at radius 3 is 2.82 bits per heavy atom. The smallest absolute Gasteiger partial charge is 0.259 e. The first kappa shape index (κ1) is 11.9. The van der Waals surface area contributed by atoms with Crippen molar-refractivity contribution in [3.63, 3.8) is 0 Å². The molecule has 0 atom stereocenters. The summed E-state index contributed by atoms with van der Waals surface area (Å²) in [6.45, 7) is 5.66. The first-order valence-corrected chi connectivity index (χ1v) is 5.61. The van der Waals surface area contributed by atoms with Crippen LogP contribution in [0.25, 0.3) is 0 Å². The number of aryl methyl sites for hydroxylation is 1. The molecule has 94 valence electrons. The van der Waals surface area contributed by atoms with E-state index in [-0.39, 0.29) is 11.5 Å². The van der Waals surface area contributed by atoms with Gasteiger partial charge in [-0.25, -0.2) is 0 Å². The molecule has 2 rings (SSSR count). The Kier molecular flexibility index (Phi) is 2.82. The van der Waals surface area contributed by atoms with E-state index in [1.807, 2.05) is 13.8 Å². The molecule has 1 aromatic heterocycles. The first-order valence-electron chi connectivity index (χ1n) is 5.61. The fraction of sp³-hybridized carbons (Fsp3) is 0.636. The van der Waals surface area contributed by atoms with E-state index >= 15 is 0 Å². The maximum atomic E-state index is 12.3. The van der Waals surface area contributed by atoms with Gasteiger partial charge in [0.25, 0.3) is 5.91 Å². The number of carbonyl (C=O) groups is 1. The topological polar surface area (TPSA) is 73.4 Å². The van der Waals surface area contributed by atoms with Gasteiger partial charge in [0.05, 0.1) is 18.4 Å². The summed E-state index contributed by atoms with van der Waals surface area (Å²) in [5, 5.41) is 3.98. The SMILES string of the molecule is Cn1ncc(C(=O)N2CCOC(C)(C)C2)c1N. The largest absolute Gasteiger partial charge is 0.383 e. The number of carbonyl (C=O) groups excluding carboxylic acids is 1. The molecule has 2 heterocycles. The minimum absolute atomic E-state index is 0.0769. The maximum Gasteiger partial charge on any atom is 0.259 e. The summed E-state index contributed by atoms with van der Waals surface area (Å²) in [6.07, 6.45) is 1.51. The lowest BCUT2D eigenvalue weighted by Crippen LogP contribution is -2.50. The predicted octanol–water partition coefficient (Wildman–Crippen LogP) is 0.253. The van der Waals surface area contributed by atoms with Crippen LogP contribution in [0.2, 0.25) is 0 Å². The van der Waals surface area contributed by atoms with Crippen molar-refractivity contribution in [2.75, 3.05) is 25.4 Å². The number of hydrogen-bond donors (Lipinski definition) is 1. The summed E-state index contributed by atoms with van der Waals surface area (Å²) < 4.78 is 7.07. The molecule has 1 saturated heterocycles. The molecule has 0 unspecified atom stereocenters. The molecule has 2 N–H and O–H groups in total. The molecule has 0 bridgehead atoms. The van der Waals surface area contributed by atoms with E-state index in [4.69, 9.17) is 10.5 Å². The van der Waals surface area contributed by atoms with Crippen LogP contribution < -0.4 is 5.73 Å². The molecule has 17 heavy (non-hydrogen) atoms. The number of ether oxygens (including phenoxy) is 1. The van der Waals surface area contributed by atoms with Crippen molar-refractivity contribution in [1.29, 1.82) is 0 Å². The predicted molar refractivity (Wildman–Crippen MR) is 63.6 cm³/mol. The van der Waals surface area contributed by atoms with Crippen molar-refractivity contribution in [3.05, 3.63) is 11.8 Å². The molecule has 6 nitrogen and oxygen atoms in total. The number of nitrogen functional groups attached to an aromatic ring is 1. The number of nitrogens with two attached hydrogens (primary N) is 1. The second kappa shape index (κ2) is 4.03. The Bertz CT molecular complexity index is 439. The number of amides is 1. The van der Waals surface area contributed by atoms with Gasteiger partial charge in [-0.2, -0.15) is 5.10 Å². The van der Waals surface area contributed by atoms with Crippen molar-refractivity contribution in [2.24, 2.45) is 7.05 Å². The highest BCUT2D eigenvalue weighted by molar-refractivity contribution is 5.98. The molecular weight excluding hydrogens is 220 g/mol. The highest BCUT2D eigenvalue weighted by Crippen LogP contribution is 2.20. The van der Waals surface area contributed by atoms with Gasteiger partial charge in [0.1, 0.15) is 11.4 Å². The summed E-state index contributed by atoms with van der Waals surface area (Å²) in [7, 11) is 1.72. The van der Waals surface area contributed by atoms with Gasteiger partial charge < -0.3 is 15.4 Å². The molecule has 1 fully saturated rings. The summed E-state index contributed by atoms with van der Waals surface area (Å²) in [6, 6.07) is 0. The van der Waals surface area contributed by atoms with Crippen LogP contribution in [0.3, 0.4) is 0 Å². The van der Waals surface area contributed by atoms with Crippen molar-refractivity contribution in [1.82, 2.24) is 14.7 Å². The molecule has 0 saturated carbocycles. The van der Waals surface area contributed by atoms with Gasteiger partial charge in [-0.05, 0) is 13.8 Å². The fourth-order valence-corrected chi connectivity index (χ4v) is 1.97. The van der Waals surface area contributed by atoms with E-state index in [9.17, 15) is 4.79 Å². The van der Waals surface area contributed by atoms with E-state index < -0.39 is 0 Å². The second-order valence-electron chi connectivity index (χ2n) is 4.90. The third-order valence-corrected chi connectivity index (χ3v) is 2.93. The Hall–Kier alpha value is -1.56. The lowest BCUT2D eigenvalue weighted by molar-refractivity contribution is -0.0763. The molecule has 0 aromatic carbocycles. The standard InChI is InChI=1S/C11H18N4O2/c1-11(2)7-15(4-5-17-11)10(16)8-6-13-14(3)9(8)12/h6H,4-5,7,12H2,1-3H3. The quantitative estimate of drug-likeness (QED) is 0.761. The monoisotopic (exact) mass is 238 g/mol. The Morgan fingerprint density at radius 2 is 2.29 bits per heavy atom. The molecule has 0 spiro atoms. The van der Waals surface area contributed by atoms with E-state index in [1.54, 1.807) is 11.9 Å². The number of nitrogens with zero attached hydrogens (tertiary/aromatic N) is 3. The zero-order chi connectivity index (χ0) is 12.6. The van der Waals surface area contributed by atoms with Crippen LogP contribution in [0.1, 0.15) is 24.2 Å². The number of aromatic nitrogens is 2. The van der Waals surface area contributed by atoms with E-state index in [0.717, 1.165) is 0 Å². The van der Waals surface area contributed by atoms with Gasteiger partial charge in [0.15, 0.2) is 0 Å². The summed E-state index contributed by atoms with van der Waals surface area (Å²) in [5.74, 6) is 0.325. The van der Waals surface area contributed by atoms with Gasteiger partial charge in [0, 0.05) is 20.1 Å². The van der Waals surface area contributed by atoms with Crippen LogP contribution in [0.4, 0.5) is 5.82 Å². The van der Waals surface area contributed by atoms with Crippen LogP contribution in [0, 0.1) is 0 Å². The van der Waals surface area contributed by atoms with Crippen LogP contribution in [-0.4, -0.2) is 45.9 Å². The van der Waals surface area contributed by atoms with Crippen molar-refractivity contribution < 1.29 is 9.53 Å². The molecule has 1 amide bonds. The van der Waals surface area contributed by atoms with Crippen molar-refractivity contribution >= 4 is 11.7 Å². The van der Waals surface area contributed by atoms with Gasteiger partial charge in [-0.3, -0.25) is 9.48 Å². The molecule has 0 radical (unpaired) electrons. The zero-order valence-corrected chi connectivity index (χ0v) is 10.4. The summed E-state index contributed by atoms with van der Waals surface area (Å²) in [5.41, 5.74) is 5.96. The minimum Gasteiger partial charge on any atom is -0.383 e. The van der Waals surface area contributed by atoms with E-state index in [0.29, 0.717) is 31.1 Å². The fourth-order valence-electron chi connectivity index (χ4n) is 1.97. The number of hydrogen-bond acceptors (Lipinski definition) is 4. The average molecular weight is 238 g/mol. The summed E-state index contributed by atoms with van der Waals surface area (Å²) in [4.78, 5) is 14.0. The number of anilines is 1. The highest BCUT2D eigenvalue weighted by Gasteiger charge is 2.31. The minimum atomic E-state index is -0.301. The Balaban J connectivity index is 2.18. The molecule has 6 heteroatoms. The van der Waals surface area contributed by atoms with Gasteiger partial charge >= 0.3 is 0 Å². The van der Waals surface area contributed by atoms with Gasteiger partial charge in [-0.1, -0.05) is 0 Å². The van der Waals surface area contributed by atoms with E-state index in [1.165, 1.54) is 10.9 Å².